The van der Waals surface area contributed by atoms with Crippen LogP contribution in [0.5, 0.6) is 11.5 Å². The molecule has 1 aliphatic rings. The van der Waals surface area contributed by atoms with Crippen LogP contribution in [0.1, 0.15) is 4.88 Å². The van der Waals surface area contributed by atoms with Gasteiger partial charge in [0.05, 0.1) is 5.69 Å². The molecule has 1 aromatic carbocycles. The van der Waals surface area contributed by atoms with Crippen molar-refractivity contribution in [3.05, 3.63) is 52.8 Å². The molecule has 0 atom stereocenters. The zero-order valence-electron chi connectivity index (χ0n) is 14.0. The molecule has 0 saturated carbocycles. The second kappa shape index (κ2) is 6.19. The number of alkyl halides is 4. The summed E-state index contributed by atoms with van der Waals surface area (Å²) in [5.74, 6) is -1.09. The van der Waals surface area contributed by atoms with E-state index in [0.717, 1.165) is 21.6 Å². The lowest BCUT2D eigenvalue weighted by Gasteiger charge is -2.31. The molecule has 146 valence electrons. The van der Waals surface area contributed by atoms with Gasteiger partial charge in [0.1, 0.15) is 6.33 Å². The molecular weight excluding hydrogens is 404 g/mol. The molecule has 3 aromatic rings. The molecule has 0 bridgehead atoms. The monoisotopic (exact) mass is 414 g/mol. The van der Waals surface area contributed by atoms with Crippen LogP contribution in [0.4, 0.5) is 22.4 Å². The first-order chi connectivity index (χ1) is 13.2. The first-order valence-electron chi connectivity index (χ1n) is 7.70. The minimum Gasteiger partial charge on any atom is -0.421 e. The van der Waals surface area contributed by atoms with Crippen LogP contribution in [0, 0.1) is 6.92 Å². The number of rotatable bonds is 1. The Morgan fingerprint density at radius 2 is 1.89 bits per heavy atom. The van der Waals surface area contributed by atoms with Crippen LogP contribution in [0.2, 0.25) is 0 Å². The lowest BCUT2D eigenvalue weighted by molar-refractivity contribution is -0.391. The zero-order chi connectivity index (χ0) is 20.1. The van der Waals surface area contributed by atoms with Crippen molar-refractivity contribution in [1.29, 1.82) is 0 Å². The Kier molecular flexibility index (Phi) is 4.03. The number of fused-ring (bicyclic) bond motifs is 1. The second-order valence-corrected chi connectivity index (χ2v) is 6.94. The topological polar surface area (TPSA) is 70.6 Å². The standard InChI is InChI=1S/C16H10F4N4O3S/c1-9-7-24(14(28-9)22-13(25)23-5-4-21-8-23)10-2-3-11-12(6-10)27-16(19,20)15(17,18)26-11/h2-8H,1H3. The van der Waals surface area contributed by atoms with Crippen molar-refractivity contribution in [2.45, 2.75) is 19.1 Å². The molecule has 0 saturated heterocycles. The summed E-state index contributed by atoms with van der Waals surface area (Å²) in [5.41, 5.74) is 0.268. The number of carbonyl (C=O) groups is 1. The third kappa shape index (κ3) is 3.05. The predicted molar refractivity (Wildman–Crippen MR) is 88.1 cm³/mol. The van der Waals surface area contributed by atoms with E-state index in [0.29, 0.717) is 0 Å². The van der Waals surface area contributed by atoms with Crippen LogP contribution in [0.25, 0.3) is 5.69 Å². The number of hydrogen-bond acceptors (Lipinski definition) is 5. The summed E-state index contributed by atoms with van der Waals surface area (Å²) in [4.78, 5) is 20.9. The van der Waals surface area contributed by atoms with Crippen LogP contribution in [-0.4, -0.2) is 32.4 Å². The summed E-state index contributed by atoms with van der Waals surface area (Å²) in [6.07, 6.45) is -3.88. The highest BCUT2D eigenvalue weighted by Gasteiger charge is 2.65. The summed E-state index contributed by atoms with van der Waals surface area (Å²) < 4.78 is 64.2. The Bertz CT molecular complexity index is 1120. The van der Waals surface area contributed by atoms with Gasteiger partial charge in [0.2, 0.25) is 0 Å². The van der Waals surface area contributed by atoms with E-state index in [-0.39, 0.29) is 10.5 Å². The maximum absolute atomic E-state index is 13.4. The number of aromatic nitrogens is 3. The van der Waals surface area contributed by atoms with Crippen LogP contribution in [0.15, 0.2) is 48.1 Å². The van der Waals surface area contributed by atoms with Gasteiger partial charge >= 0.3 is 18.2 Å². The average Bonchev–Trinajstić information content (AvgIpc) is 3.25. The average molecular weight is 414 g/mol. The molecule has 0 radical (unpaired) electrons. The van der Waals surface area contributed by atoms with Crippen molar-refractivity contribution in [3.63, 3.8) is 0 Å². The molecule has 0 aliphatic carbocycles. The van der Waals surface area contributed by atoms with Crippen LogP contribution >= 0.6 is 11.3 Å². The maximum Gasteiger partial charge on any atom is 0.507 e. The van der Waals surface area contributed by atoms with Crippen molar-refractivity contribution in [1.82, 2.24) is 14.1 Å². The molecule has 7 nitrogen and oxygen atoms in total. The first-order valence-corrected chi connectivity index (χ1v) is 8.52. The van der Waals surface area contributed by atoms with E-state index in [1.54, 1.807) is 13.1 Å². The number of nitrogens with zero attached hydrogens (tertiary/aromatic N) is 4. The maximum atomic E-state index is 13.4. The summed E-state index contributed by atoms with van der Waals surface area (Å²) in [6, 6.07) is 2.92. The SMILES string of the molecule is Cc1cn(-c2ccc3c(c2)OC(F)(F)C(F)(F)O3)c(=NC(=O)n2ccnc2)s1. The Labute approximate surface area is 158 Å². The van der Waals surface area contributed by atoms with Crippen molar-refractivity contribution in [2.75, 3.05) is 0 Å². The van der Waals surface area contributed by atoms with Crippen LogP contribution in [0.3, 0.4) is 0 Å². The van der Waals surface area contributed by atoms with Crippen LogP contribution < -0.4 is 14.3 Å². The first kappa shape index (κ1) is 18.2. The highest BCUT2D eigenvalue weighted by atomic mass is 32.1. The molecule has 0 spiro atoms. The van der Waals surface area contributed by atoms with E-state index in [4.69, 9.17) is 0 Å². The van der Waals surface area contributed by atoms with Crippen molar-refractivity contribution >= 4 is 17.4 Å². The molecule has 4 rings (SSSR count). The fourth-order valence-electron chi connectivity index (χ4n) is 2.44. The van der Waals surface area contributed by atoms with E-state index >= 15 is 0 Å². The smallest absolute Gasteiger partial charge is 0.421 e. The highest BCUT2D eigenvalue weighted by Crippen LogP contribution is 2.47. The molecule has 1 amide bonds. The van der Waals surface area contributed by atoms with E-state index in [1.807, 2.05) is 0 Å². The number of amides is 1. The van der Waals surface area contributed by atoms with Gasteiger partial charge in [-0.2, -0.15) is 22.6 Å². The second-order valence-electron chi connectivity index (χ2n) is 5.73. The minimum atomic E-state index is -4.82. The molecule has 0 N–H and O–H groups in total. The molecule has 0 unspecified atom stereocenters. The van der Waals surface area contributed by atoms with Gasteiger partial charge in [-0.3, -0.25) is 9.13 Å². The lowest BCUT2D eigenvalue weighted by atomic mass is 10.2. The fraction of sp³-hybridized carbons (Fsp3) is 0.188. The molecule has 12 heteroatoms. The summed E-state index contributed by atoms with van der Waals surface area (Å²) in [6.45, 7) is 1.76. The van der Waals surface area contributed by atoms with Gasteiger partial charge in [-0.05, 0) is 19.1 Å². The largest absolute Gasteiger partial charge is 0.507 e. The van der Waals surface area contributed by atoms with Crippen LogP contribution in [-0.2, 0) is 0 Å². The number of ether oxygens (including phenoxy) is 2. The normalized spacial score (nSPS) is 17.5. The molecule has 2 aromatic heterocycles. The number of carbonyl (C=O) groups excluding carboxylic acids is 1. The number of hydrogen-bond donors (Lipinski definition) is 0. The van der Waals surface area contributed by atoms with Gasteiger partial charge in [-0.15, -0.1) is 11.3 Å². The Morgan fingerprint density at radius 3 is 2.57 bits per heavy atom. The van der Waals surface area contributed by atoms with Gasteiger partial charge in [-0.1, -0.05) is 0 Å². The third-order valence-corrected chi connectivity index (χ3v) is 4.60. The molecular formula is C16H10F4N4O3S. The quantitative estimate of drug-likeness (QED) is 0.571. The minimum absolute atomic E-state index is 0.241. The summed E-state index contributed by atoms with van der Waals surface area (Å²) in [7, 11) is 0. The van der Waals surface area contributed by atoms with E-state index in [1.165, 1.54) is 40.7 Å². The Balaban J connectivity index is 1.77. The Morgan fingerprint density at radius 1 is 1.18 bits per heavy atom. The van der Waals surface area contributed by atoms with Gasteiger partial charge in [0.15, 0.2) is 16.3 Å². The molecule has 0 fully saturated rings. The van der Waals surface area contributed by atoms with Gasteiger partial charge in [-0.25, -0.2) is 9.78 Å². The number of thiazole rings is 1. The summed E-state index contributed by atoms with van der Waals surface area (Å²) in [5, 5.41) is 0. The summed E-state index contributed by atoms with van der Waals surface area (Å²) >= 11 is 1.17. The molecule has 1 aliphatic heterocycles. The number of imidazole rings is 1. The highest BCUT2D eigenvalue weighted by molar-refractivity contribution is 7.09. The van der Waals surface area contributed by atoms with Gasteiger partial charge in [0, 0.05) is 29.5 Å². The lowest BCUT2D eigenvalue weighted by Crippen LogP contribution is -2.52. The Hall–Kier alpha value is -3.15. The fourth-order valence-corrected chi connectivity index (χ4v) is 3.26. The number of benzene rings is 1. The van der Waals surface area contributed by atoms with Gasteiger partial charge < -0.3 is 9.47 Å². The van der Waals surface area contributed by atoms with E-state index in [9.17, 15) is 22.4 Å². The van der Waals surface area contributed by atoms with Crippen molar-refractivity contribution in [3.8, 4) is 17.2 Å². The zero-order valence-corrected chi connectivity index (χ0v) is 14.8. The molecule has 3 heterocycles. The molecule has 28 heavy (non-hydrogen) atoms. The van der Waals surface area contributed by atoms with E-state index < -0.39 is 29.7 Å². The van der Waals surface area contributed by atoms with Crippen molar-refractivity contribution < 1.29 is 31.8 Å². The predicted octanol–water partition coefficient (Wildman–Crippen LogP) is 3.57. The van der Waals surface area contributed by atoms with Crippen molar-refractivity contribution in [2.24, 2.45) is 4.99 Å². The van der Waals surface area contributed by atoms with E-state index in [2.05, 4.69) is 19.5 Å². The number of halogens is 4. The third-order valence-electron chi connectivity index (χ3n) is 3.71. The number of aryl methyl sites for hydroxylation is 1. The van der Waals surface area contributed by atoms with Gasteiger partial charge in [0.25, 0.3) is 0 Å².